The molecule has 0 aliphatic carbocycles. The van der Waals surface area contributed by atoms with Crippen LogP contribution in [0.25, 0.3) is 165 Å². The monoisotopic (exact) mass is 1990 g/mol. The lowest BCUT2D eigenvalue weighted by Gasteiger charge is -2.16. The van der Waals surface area contributed by atoms with Gasteiger partial charge in [-0.1, -0.05) is 152 Å². The van der Waals surface area contributed by atoms with E-state index in [4.69, 9.17) is 120 Å². The second kappa shape index (κ2) is 38.6. The zero-order valence-corrected chi connectivity index (χ0v) is 76.4. The Morgan fingerprint density at radius 1 is 0.323 bits per heavy atom. The van der Waals surface area contributed by atoms with Crippen molar-refractivity contribution in [3.63, 3.8) is 0 Å². The summed E-state index contributed by atoms with van der Waals surface area (Å²) in [5.41, 5.74) is 8.42. The number of benzene rings is 10. The minimum absolute atomic E-state index is 0.146. The largest absolute Gasteiger partial charge is 0.480 e. The Kier molecular flexibility index (Phi) is 26.8. The fourth-order valence-electron chi connectivity index (χ4n) is 15.8. The van der Waals surface area contributed by atoms with Crippen molar-refractivity contribution in [3.05, 3.63) is 344 Å². The maximum absolute atomic E-state index is 13.0. The molecule has 20 aromatic rings. The number of carboxylic acids is 5. The van der Waals surface area contributed by atoms with Gasteiger partial charge in [0.05, 0.1) is 112 Å². The Labute approximate surface area is 800 Å². The van der Waals surface area contributed by atoms with Gasteiger partial charge in [-0.2, -0.15) is 0 Å². The van der Waals surface area contributed by atoms with Gasteiger partial charge in [0.2, 0.25) is 0 Å². The van der Waals surface area contributed by atoms with Crippen molar-refractivity contribution < 1.29 is 53.9 Å². The summed E-state index contributed by atoms with van der Waals surface area (Å²) in [6.45, 7) is -1.79. The molecule has 0 saturated heterocycles. The predicted molar refractivity (Wildman–Crippen MR) is 524 cm³/mol. The highest BCUT2D eigenvalue weighted by Gasteiger charge is 2.26. The number of pyridine rings is 7. The topological polar surface area (TPSA) is 366 Å². The van der Waals surface area contributed by atoms with Crippen molar-refractivity contribution in [1.82, 2.24) is 47.3 Å². The molecule has 20 rings (SSSR count). The number of furan rings is 1. The van der Waals surface area contributed by atoms with E-state index in [0.717, 1.165) is 44.0 Å². The van der Waals surface area contributed by atoms with Crippen LogP contribution in [0.5, 0.6) is 0 Å². The van der Waals surface area contributed by atoms with Gasteiger partial charge >= 0.3 is 29.8 Å². The van der Waals surface area contributed by atoms with E-state index in [9.17, 15) is 73.5 Å². The average molecular weight is 1990 g/mol. The van der Waals surface area contributed by atoms with Gasteiger partial charge in [-0.05, 0) is 168 Å². The summed E-state index contributed by atoms with van der Waals surface area (Å²) in [6.07, 6.45) is 13.4. The zero-order chi connectivity index (χ0) is 94.4. The smallest absolute Gasteiger partial charge is 0.323 e. The predicted octanol–water partition coefficient (Wildman–Crippen LogP) is 22.6. The van der Waals surface area contributed by atoms with E-state index in [2.05, 4.69) is 19.9 Å². The summed E-state index contributed by atoms with van der Waals surface area (Å²) >= 11 is 63.7. The molecule has 0 amide bonds. The highest BCUT2D eigenvalue weighted by molar-refractivity contribution is 7.13. The number of carboxylic acid groups (broad SMARTS) is 5. The number of thiazole rings is 1. The number of aromatic nitrogens is 10. The molecule has 0 bridgehead atoms. The number of aliphatic carboxylic acids is 5. The van der Waals surface area contributed by atoms with E-state index >= 15 is 0 Å². The van der Waals surface area contributed by atoms with Crippen LogP contribution < -0.4 is 27.1 Å². The van der Waals surface area contributed by atoms with Crippen molar-refractivity contribution in [2.24, 2.45) is 7.05 Å². The molecule has 10 heterocycles. The van der Waals surface area contributed by atoms with Gasteiger partial charge in [-0.15, -0.1) is 11.3 Å². The number of halogens is 10. The molecular weight excluding hydrogens is 1940 g/mol. The first-order valence-electron chi connectivity index (χ1n) is 39.3. The number of hydrogen-bond donors (Lipinski definition) is 5. The van der Waals surface area contributed by atoms with Gasteiger partial charge in [0, 0.05) is 132 Å². The van der Waals surface area contributed by atoms with Gasteiger partial charge < -0.3 is 57.4 Å². The maximum Gasteiger partial charge on any atom is 0.323 e. The molecule has 26 nitrogen and oxygen atoms in total. The first-order valence-corrected chi connectivity index (χ1v) is 44.0. The number of aryl methyl sites for hydroxylation is 1. The SMILES string of the molecule is Cn1ccnc1-c1ccc2c(=O)c3ccc(Cl)c(Cl)c3n(CC(=O)O)c2c1.O=C(O)Cn1c2cc(-c3cccnc3)ccc2c(=O)c2ccc(Cl)c(Cl)c21.O=C(O)Cn1c2cc(-c3ccco3)ccc2c(=O)c2ccc(Cl)c(Cl)c21.O=C(O)Cn1c2cc(-c3ccncc3)ccc2c(=O)c2ccc(Cl)c(Cl)c21.O=C(O)Cn1c2cc(-c3nccs3)ccc2c(=O)c2ccc(Cl)c(Cl)c21. The van der Waals surface area contributed by atoms with Crippen LogP contribution in [-0.2, 0) is 63.7 Å². The molecule has 133 heavy (non-hydrogen) atoms. The fraction of sp³-hybridized carbons (Fsp3) is 0.0625. The second-order valence-electron chi connectivity index (χ2n) is 29.6. The number of nitrogens with zero attached hydrogens (tertiary/aromatic N) is 10. The van der Waals surface area contributed by atoms with Gasteiger partial charge in [-0.3, -0.25) is 57.9 Å². The van der Waals surface area contributed by atoms with E-state index in [1.54, 1.807) is 177 Å². The van der Waals surface area contributed by atoms with E-state index in [1.807, 2.05) is 47.3 Å². The average Bonchev–Trinajstić information content (AvgIpc) is 1.52. The van der Waals surface area contributed by atoms with E-state index in [-0.39, 0.29) is 110 Å². The van der Waals surface area contributed by atoms with Crippen molar-refractivity contribution >= 4 is 266 Å². The molecule has 0 radical (unpaired) electrons. The quantitative estimate of drug-likeness (QED) is 0.0595. The second-order valence-corrected chi connectivity index (χ2v) is 34.5. The minimum Gasteiger partial charge on any atom is -0.480 e. The summed E-state index contributed by atoms with van der Waals surface area (Å²) in [5, 5.41) is 55.3. The van der Waals surface area contributed by atoms with Gasteiger partial charge in [-0.25, -0.2) is 9.97 Å². The number of fused-ring (bicyclic) bond motifs is 10. The number of hydrogen-bond acceptors (Lipinski definition) is 16. The third kappa shape index (κ3) is 18.2. The van der Waals surface area contributed by atoms with Crippen LogP contribution in [0.2, 0.25) is 50.2 Å². The van der Waals surface area contributed by atoms with Crippen molar-refractivity contribution in [1.29, 1.82) is 0 Å². The van der Waals surface area contributed by atoms with Crippen LogP contribution in [0.1, 0.15) is 0 Å². The van der Waals surface area contributed by atoms with Crippen molar-refractivity contribution in [3.8, 4) is 55.5 Å². The van der Waals surface area contributed by atoms with E-state index in [0.29, 0.717) is 121 Å². The first kappa shape index (κ1) is 92.5. The molecule has 0 fully saturated rings. The Morgan fingerprint density at radius 2 is 0.647 bits per heavy atom. The molecule has 5 N–H and O–H groups in total. The standard InChI is InChI=1S/2C20H12Cl2N2O3.C19H13Cl2N3O3.C19H11Cl2NO4.C18H10Cl2N2O3S/c21-15-4-3-14-19(18(15)22)24(10-17(25)26)16-9-12(1-2-13(16)20(14)27)11-5-7-23-8-6-11;21-15-6-5-14-19(18(15)22)24(10-17(25)26)16-8-11(3-4-13(16)20(14)27)12-2-1-7-23-9-12;1-23-7-6-22-19(23)10-2-3-11-14(8-10)24(9-15(25)26)17-12(18(11)27)4-5-13(20)16(17)21;20-13-6-5-12-18(17(13)21)22(9-16(23)24)14-8-10(15-2-1-7-26-15)3-4-11(14)19(12)25;19-12-4-3-11-16(15(12)20)22(8-14(23)24)13-7-9(18-21-5-6-26-18)1-2-10(13)17(11)25/h2*1-9H,10H2,(H,25,26);2-8H,9H2,1H3,(H,25,26);1-8H,9H2,(H,23,24);1-7H,8H2,(H,23,24). The Balaban J connectivity index is 0.000000121. The molecule has 664 valence electrons. The van der Waals surface area contributed by atoms with Gasteiger partial charge in [0.1, 0.15) is 49.3 Å². The number of rotatable bonds is 15. The normalized spacial score (nSPS) is 11.3. The van der Waals surface area contributed by atoms with Crippen LogP contribution in [0.15, 0.2) is 271 Å². The number of carbonyl (C=O) groups is 5. The van der Waals surface area contributed by atoms with Crippen LogP contribution in [0, 0.1) is 0 Å². The summed E-state index contributed by atoms with van der Waals surface area (Å²) in [5.74, 6) is -3.96. The summed E-state index contributed by atoms with van der Waals surface area (Å²) in [6, 6.07) is 52.6. The summed E-state index contributed by atoms with van der Waals surface area (Å²) < 4.78 is 14.8. The molecule has 0 aliphatic heterocycles. The van der Waals surface area contributed by atoms with Crippen LogP contribution >= 0.6 is 127 Å². The third-order valence-corrected chi connectivity index (χ3v) is 26.4. The Morgan fingerprint density at radius 3 is 0.962 bits per heavy atom. The Hall–Kier alpha value is -13.8. The maximum atomic E-state index is 13.0. The van der Waals surface area contributed by atoms with Crippen LogP contribution in [-0.4, -0.2) is 103 Å². The molecule has 10 aromatic carbocycles. The van der Waals surface area contributed by atoms with E-state index in [1.165, 1.54) is 64.5 Å². The molecule has 0 spiro atoms. The molecule has 37 heteroatoms. The molecule has 0 atom stereocenters. The number of imidazole rings is 1. The lowest BCUT2D eigenvalue weighted by Crippen LogP contribution is -2.16. The molecular formula is C96H58Cl10N10O16S. The van der Waals surface area contributed by atoms with Gasteiger partial charge in [0.15, 0.2) is 27.1 Å². The fourth-order valence-corrected chi connectivity index (χ4v) is 18.5. The molecule has 0 saturated carbocycles. The lowest BCUT2D eigenvalue weighted by molar-refractivity contribution is -0.138. The molecule has 10 aromatic heterocycles. The highest BCUT2D eigenvalue weighted by atomic mass is 35.5. The highest BCUT2D eigenvalue weighted by Crippen LogP contribution is 2.41. The van der Waals surface area contributed by atoms with Crippen LogP contribution in [0.4, 0.5) is 0 Å². The first-order chi connectivity index (χ1) is 63.8. The van der Waals surface area contributed by atoms with Crippen LogP contribution in [0.3, 0.4) is 0 Å². The Bertz CT molecular complexity index is 8200. The molecule has 0 unspecified atom stereocenters. The van der Waals surface area contributed by atoms with Gasteiger partial charge in [0.25, 0.3) is 0 Å². The van der Waals surface area contributed by atoms with Crippen molar-refractivity contribution in [2.75, 3.05) is 0 Å². The zero-order valence-electron chi connectivity index (χ0n) is 68.0. The minimum atomic E-state index is -1.06. The summed E-state index contributed by atoms with van der Waals surface area (Å²) in [7, 11) is 1.86. The lowest BCUT2D eigenvalue weighted by atomic mass is 10.0. The van der Waals surface area contributed by atoms with Crippen molar-refractivity contribution in [2.45, 2.75) is 32.7 Å². The summed E-state index contributed by atoms with van der Waals surface area (Å²) in [4.78, 5) is 139. The van der Waals surface area contributed by atoms with E-state index < -0.39 is 29.8 Å². The third-order valence-electron chi connectivity index (χ3n) is 21.6. The molecule has 0 aliphatic rings.